The molecule has 1 aromatic carbocycles. The Morgan fingerprint density at radius 2 is 2.40 bits per heavy atom. The molecule has 0 saturated heterocycles. The molecule has 1 heterocycles. The van der Waals surface area contributed by atoms with Crippen molar-refractivity contribution in [2.75, 3.05) is 11.9 Å². The Bertz CT molecular complexity index is 434. The van der Waals surface area contributed by atoms with E-state index in [1.165, 1.54) is 0 Å². The van der Waals surface area contributed by atoms with Crippen molar-refractivity contribution in [3.05, 3.63) is 29.3 Å². The van der Waals surface area contributed by atoms with Crippen LogP contribution in [0.1, 0.15) is 22.3 Å². The normalized spacial score (nSPS) is 13.3. The average molecular weight is 201 g/mol. The summed E-state index contributed by atoms with van der Waals surface area (Å²) in [6, 6.07) is 5.53. The van der Waals surface area contributed by atoms with Crippen molar-refractivity contribution in [3.8, 4) is 6.19 Å². The van der Waals surface area contributed by atoms with Gasteiger partial charge in [-0.15, -0.1) is 0 Å². The van der Waals surface area contributed by atoms with Crippen LogP contribution in [-0.4, -0.2) is 12.5 Å². The molecule has 4 heteroatoms. The zero-order valence-electron chi connectivity index (χ0n) is 8.21. The molecule has 4 nitrogen and oxygen atoms in total. The molecule has 2 rings (SSSR count). The first kappa shape index (κ1) is 9.53. The Hall–Kier alpha value is -2.02. The minimum absolute atomic E-state index is 0.321. The summed E-state index contributed by atoms with van der Waals surface area (Å²) >= 11 is 0. The fraction of sp³-hybridized carbons (Fsp3) is 0.273. The zero-order valence-corrected chi connectivity index (χ0v) is 8.21. The number of carbonyl (C=O) groups excluding carboxylic acids is 1. The van der Waals surface area contributed by atoms with Gasteiger partial charge in [0.2, 0.25) is 0 Å². The van der Waals surface area contributed by atoms with E-state index in [0.29, 0.717) is 5.56 Å². The summed E-state index contributed by atoms with van der Waals surface area (Å²) in [5.74, 6) is -0.321. The number of amides is 1. The van der Waals surface area contributed by atoms with Gasteiger partial charge in [0.1, 0.15) is 0 Å². The highest BCUT2D eigenvalue weighted by molar-refractivity contribution is 5.98. The van der Waals surface area contributed by atoms with Gasteiger partial charge >= 0.3 is 0 Å². The van der Waals surface area contributed by atoms with Crippen molar-refractivity contribution in [1.82, 2.24) is 5.32 Å². The lowest BCUT2D eigenvalue weighted by Crippen LogP contribution is -2.22. The van der Waals surface area contributed by atoms with E-state index in [9.17, 15) is 4.79 Å². The maximum atomic E-state index is 11.6. The lowest BCUT2D eigenvalue weighted by Gasteiger charge is -2.19. The van der Waals surface area contributed by atoms with E-state index < -0.39 is 0 Å². The van der Waals surface area contributed by atoms with Crippen LogP contribution in [0.3, 0.4) is 0 Å². The fourth-order valence-corrected chi connectivity index (χ4v) is 1.84. The number of carbonyl (C=O) groups is 1. The summed E-state index contributed by atoms with van der Waals surface area (Å²) < 4.78 is 0. The second-order valence-electron chi connectivity index (χ2n) is 3.43. The molecule has 0 unspecified atom stereocenters. The van der Waals surface area contributed by atoms with Crippen molar-refractivity contribution >= 4 is 11.6 Å². The quantitative estimate of drug-likeness (QED) is 0.531. The largest absolute Gasteiger partial charge is 0.385 e. The maximum absolute atomic E-state index is 11.6. The minimum atomic E-state index is -0.321. The number of hydrogen-bond donors (Lipinski definition) is 2. The van der Waals surface area contributed by atoms with Gasteiger partial charge in [-0.3, -0.25) is 10.1 Å². The van der Waals surface area contributed by atoms with Gasteiger partial charge in [0.25, 0.3) is 5.91 Å². The number of nitrogens with zero attached hydrogens (tertiary/aromatic N) is 1. The molecule has 0 atom stereocenters. The van der Waals surface area contributed by atoms with Crippen LogP contribution in [-0.2, 0) is 6.42 Å². The van der Waals surface area contributed by atoms with Crippen LogP contribution >= 0.6 is 0 Å². The summed E-state index contributed by atoms with van der Waals surface area (Å²) in [7, 11) is 0. The molecule has 1 aliphatic rings. The number of nitrogens with one attached hydrogen (secondary N) is 2. The molecular formula is C11H11N3O. The zero-order chi connectivity index (χ0) is 10.7. The molecule has 1 aliphatic heterocycles. The summed E-state index contributed by atoms with van der Waals surface area (Å²) in [6.45, 7) is 0.941. The Balaban J connectivity index is 2.40. The van der Waals surface area contributed by atoms with Gasteiger partial charge in [0.15, 0.2) is 6.19 Å². The van der Waals surface area contributed by atoms with Crippen LogP contribution < -0.4 is 10.6 Å². The minimum Gasteiger partial charge on any atom is -0.385 e. The van der Waals surface area contributed by atoms with Crippen LogP contribution in [0.25, 0.3) is 0 Å². The van der Waals surface area contributed by atoms with Gasteiger partial charge in [-0.1, -0.05) is 6.07 Å². The molecule has 0 radical (unpaired) electrons. The smallest absolute Gasteiger partial charge is 0.264 e. The van der Waals surface area contributed by atoms with E-state index in [2.05, 4.69) is 10.6 Å². The van der Waals surface area contributed by atoms with E-state index in [1.807, 2.05) is 12.1 Å². The van der Waals surface area contributed by atoms with Gasteiger partial charge in [0.05, 0.1) is 0 Å². The van der Waals surface area contributed by atoms with Crippen molar-refractivity contribution in [2.45, 2.75) is 12.8 Å². The predicted octanol–water partition coefficient (Wildman–Crippen LogP) is 1.26. The van der Waals surface area contributed by atoms with Crippen LogP contribution in [0.5, 0.6) is 0 Å². The lowest BCUT2D eigenvalue weighted by atomic mass is 9.97. The van der Waals surface area contributed by atoms with Crippen LogP contribution in [0.4, 0.5) is 5.69 Å². The van der Waals surface area contributed by atoms with Crippen molar-refractivity contribution < 1.29 is 4.79 Å². The van der Waals surface area contributed by atoms with Gasteiger partial charge in [0, 0.05) is 17.8 Å². The molecule has 0 aliphatic carbocycles. The standard InChI is InChI=1S/C11H11N3O/c12-7-14-11(15)9-3-1-5-10-8(9)4-2-6-13-10/h1,3,5,13H,2,4,6H2,(H,14,15). The van der Waals surface area contributed by atoms with Gasteiger partial charge in [-0.25, -0.2) is 0 Å². The molecule has 2 N–H and O–H groups in total. The first-order valence-corrected chi connectivity index (χ1v) is 4.88. The predicted molar refractivity (Wildman–Crippen MR) is 56.3 cm³/mol. The maximum Gasteiger partial charge on any atom is 0.264 e. The highest BCUT2D eigenvalue weighted by Gasteiger charge is 2.16. The first-order valence-electron chi connectivity index (χ1n) is 4.88. The molecule has 0 fully saturated rings. The first-order chi connectivity index (χ1) is 7.33. The summed E-state index contributed by atoms with van der Waals surface area (Å²) in [4.78, 5) is 11.6. The molecule has 15 heavy (non-hydrogen) atoms. The van der Waals surface area contributed by atoms with Crippen molar-refractivity contribution in [3.63, 3.8) is 0 Å². The second kappa shape index (κ2) is 4.01. The summed E-state index contributed by atoms with van der Waals surface area (Å²) in [5, 5.41) is 13.8. The highest BCUT2D eigenvalue weighted by atomic mass is 16.1. The number of rotatable bonds is 1. The molecule has 0 spiro atoms. The second-order valence-corrected chi connectivity index (χ2v) is 3.43. The summed E-state index contributed by atoms with van der Waals surface area (Å²) in [5.41, 5.74) is 2.62. The average Bonchev–Trinajstić information content (AvgIpc) is 2.28. The third-order valence-electron chi connectivity index (χ3n) is 2.51. The molecule has 0 bridgehead atoms. The fourth-order valence-electron chi connectivity index (χ4n) is 1.84. The van der Waals surface area contributed by atoms with Crippen LogP contribution in [0.15, 0.2) is 18.2 Å². The number of benzene rings is 1. The van der Waals surface area contributed by atoms with E-state index in [0.717, 1.165) is 30.6 Å². The molecular weight excluding hydrogens is 190 g/mol. The number of fused-ring (bicyclic) bond motifs is 1. The topological polar surface area (TPSA) is 64.9 Å². The van der Waals surface area contributed by atoms with E-state index in [-0.39, 0.29) is 5.91 Å². The Morgan fingerprint density at radius 1 is 1.53 bits per heavy atom. The Kier molecular flexibility index (Phi) is 2.55. The molecule has 1 aromatic rings. The van der Waals surface area contributed by atoms with E-state index in [1.54, 1.807) is 12.3 Å². The van der Waals surface area contributed by atoms with Crippen LogP contribution in [0.2, 0.25) is 0 Å². The van der Waals surface area contributed by atoms with Gasteiger partial charge < -0.3 is 5.32 Å². The molecule has 76 valence electrons. The van der Waals surface area contributed by atoms with Gasteiger partial charge in [-0.2, -0.15) is 5.26 Å². The third-order valence-corrected chi connectivity index (χ3v) is 2.51. The lowest BCUT2D eigenvalue weighted by molar-refractivity contribution is 0.0972. The number of anilines is 1. The van der Waals surface area contributed by atoms with E-state index in [4.69, 9.17) is 5.26 Å². The molecule has 1 amide bonds. The highest BCUT2D eigenvalue weighted by Crippen LogP contribution is 2.24. The number of nitriles is 1. The molecule has 0 saturated carbocycles. The Labute approximate surface area is 87.9 Å². The molecule has 0 aromatic heterocycles. The van der Waals surface area contributed by atoms with Crippen LogP contribution in [0, 0.1) is 11.5 Å². The summed E-state index contributed by atoms with van der Waals surface area (Å²) in [6.07, 6.45) is 3.56. The Morgan fingerprint density at radius 3 is 3.20 bits per heavy atom. The third kappa shape index (κ3) is 1.77. The van der Waals surface area contributed by atoms with E-state index >= 15 is 0 Å². The number of hydrogen-bond acceptors (Lipinski definition) is 3. The monoisotopic (exact) mass is 201 g/mol. The van der Waals surface area contributed by atoms with Gasteiger partial charge in [-0.05, 0) is 30.5 Å². The van der Waals surface area contributed by atoms with Crippen molar-refractivity contribution in [1.29, 1.82) is 5.26 Å². The SMILES string of the molecule is N#CNC(=O)c1cccc2c1CCCN2. The van der Waals surface area contributed by atoms with Crippen molar-refractivity contribution in [2.24, 2.45) is 0 Å².